The number of hydrogen-bond donors (Lipinski definition) is 3. The number of rotatable bonds is 10. The van der Waals surface area contributed by atoms with Crippen molar-refractivity contribution in [2.45, 2.75) is 45.3 Å². The summed E-state index contributed by atoms with van der Waals surface area (Å²) in [6, 6.07) is 0. The van der Waals surface area contributed by atoms with Crippen molar-refractivity contribution in [3.05, 3.63) is 42.4 Å². The Morgan fingerprint density at radius 1 is 1.25 bits per heavy atom. The van der Waals surface area contributed by atoms with Gasteiger partial charge in [-0.2, -0.15) is 0 Å². The Morgan fingerprint density at radius 2 is 1.94 bits per heavy atom. The van der Waals surface area contributed by atoms with Crippen LogP contribution in [0.5, 0.6) is 0 Å². The molecule has 0 saturated carbocycles. The number of H-pyrrole nitrogens is 2. The van der Waals surface area contributed by atoms with Gasteiger partial charge < -0.3 is 20.4 Å². The van der Waals surface area contributed by atoms with Crippen molar-refractivity contribution in [1.82, 2.24) is 19.5 Å². The number of hydrogen-bond acceptors (Lipinski definition) is 8. The Balaban J connectivity index is 2.41. The van der Waals surface area contributed by atoms with Crippen molar-refractivity contribution in [2.24, 2.45) is 5.92 Å². The van der Waals surface area contributed by atoms with Crippen molar-refractivity contribution in [3.8, 4) is 0 Å². The Hall–Kier alpha value is -2.86. The minimum absolute atomic E-state index is 0.0570. The summed E-state index contributed by atoms with van der Waals surface area (Å²) in [6.07, 6.45) is 1.87. The molecular formula is C20H30N6O5S. The molecule has 12 heteroatoms. The molecule has 2 aromatic heterocycles. The van der Waals surface area contributed by atoms with Gasteiger partial charge in [0.2, 0.25) is 5.91 Å². The predicted molar refractivity (Wildman–Crippen MR) is 124 cm³/mol. The third-order valence-electron chi connectivity index (χ3n) is 4.83. The first-order valence-corrected chi connectivity index (χ1v) is 11.4. The molecule has 1 amide bonds. The lowest BCUT2D eigenvalue weighted by molar-refractivity contribution is -0.118. The Labute approximate surface area is 189 Å². The number of carbonyl (C=O) groups is 1. The number of methoxy groups -OCH3 is 1. The molecule has 2 heterocycles. The van der Waals surface area contributed by atoms with E-state index >= 15 is 0 Å². The van der Waals surface area contributed by atoms with Crippen LogP contribution in [0.2, 0.25) is 0 Å². The van der Waals surface area contributed by atoms with E-state index in [1.165, 1.54) is 28.3 Å². The zero-order chi connectivity index (χ0) is 24.0. The molecule has 0 atom stereocenters. The van der Waals surface area contributed by atoms with E-state index in [0.29, 0.717) is 16.4 Å². The van der Waals surface area contributed by atoms with E-state index in [1.54, 1.807) is 13.2 Å². The van der Waals surface area contributed by atoms with Crippen LogP contribution in [0.1, 0.15) is 31.5 Å². The highest BCUT2D eigenvalue weighted by molar-refractivity contribution is 7.98. The molecule has 0 aliphatic carbocycles. The van der Waals surface area contributed by atoms with Crippen LogP contribution in [0.25, 0.3) is 0 Å². The van der Waals surface area contributed by atoms with Crippen molar-refractivity contribution in [3.63, 3.8) is 0 Å². The Morgan fingerprint density at radius 3 is 2.50 bits per heavy atom. The number of nitrogens with two attached hydrogens (primary N) is 1. The van der Waals surface area contributed by atoms with Crippen LogP contribution < -0.4 is 27.4 Å². The van der Waals surface area contributed by atoms with Crippen LogP contribution in [0.15, 0.2) is 19.5 Å². The SMILES string of the molecule is COCCN(C(=O)CCc1c(C)nc(SC)[nH]c1=O)c1c(N)n(CC(C)C)c(=O)[nH]c1=O. The summed E-state index contributed by atoms with van der Waals surface area (Å²) in [4.78, 5) is 60.8. The van der Waals surface area contributed by atoms with Gasteiger partial charge in [-0.25, -0.2) is 9.78 Å². The van der Waals surface area contributed by atoms with E-state index in [4.69, 9.17) is 10.5 Å². The Bertz CT molecular complexity index is 1140. The molecule has 2 rings (SSSR count). The number of amides is 1. The third-order valence-corrected chi connectivity index (χ3v) is 5.41. The minimum atomic E-state index is -0.753. The normalized spacial score (nSPS) is 11.2. The molecule has 0 unspecified atom stereocenters. The second kappa shape index (κ2) is 11.1. The van der Waals surface area contributed by atoms with Gasteiger partial charge in [-0.05, 0) is 25.5 Å². The van der Waals surface area contributed by atoms with E-state index in [2.05, 4.69) is 15.0 Å². The molecule has 11 nitrogen and oxygen atoms in total. The van der Waals surface area contributed by atoms with E-state index < -0.39 is 17.2 Å². The highest BCUT2D eigenvalue weighted by Gasteiger charge is 2.24. The Kier molecular flexibility index (Phi) is 8.84. The van der Waals surface area contributed by atoms with Gasteiger partial charge in [0.25, 0.3) is 11.1 Å². The van der Waals surface area contributed by atoms with Gasteiger partial charge in [-0.1, -0.05) is 25.6 Å². The van der Waals surface area contributed by atoms with Crippen LogP contribution >= 0.6 is 11.8 Å². The first kappa shape index (κ1) is 25.4. The van der Waals surface area contributed by atoms with E-state index in [0.717, 1.165) is 0 Å². The summed E-state index contributed by atoms with van der Waals surface area (Å²) in [5, 5.41) is 0.496. The molecule has 0 aliphatic heterocycles. The standard InChI is InChI=1S/C20H30N6O5S/c1-11(2)10-26-16(21)15(18(29)24-20(26)30)25(8-9-31-4)14(27)7-6-13-12(3)22-19(32-5)23-17(13)28/h11H,6-10,21H2,1-5H3,(H,22,23,28)(H,24,29,30). The van der Waals surface area contributed by atoms with Crippen molar-refractivity contribution < 1.29 is 9.53 Å². The van der Waals surface area contributed by atoms with Gasteiger partial charge in [0, 0.05) is 37.9 Å². The number of aryl methyl sites for hydroxylation is 1. The number of aromatic amines is 2. The molecule has 2 aromatic rings. The number of anilines is 2. The highest BCUT2D eigenvalue weighted by atomic mass is 32.2. The fraction of sp³-hybridized carbons (Fsp3) is 0.550. The number of ether oxygens (including phenoxy) is 1. The lowest BCUT2D eigenvalue weighted by Gasteiger charge is -2.24. The van der Waals surface area contributed by atoms with Crippen LogP contribution in [0.4, 0.5) is 11.5 Å². The highest BCUT2D eigenvalue weighted by Crippen LogP contribution is 2.19. The van der Waals surface area contributed by atoms with Gasteiger partial charge in [0.05, 0.1) is 6.61 Å². The maximum absolute atomic E-state index is 13.1. The van der Waals surface area contributed by atoms with Gasteiger partial charge in [0.15, 0.2) is 10.8 Å². The molecule has 0 spiro atoms. The zero-order valence-corrected chi connectivity index (χ0v) is 19.8. The van der Waals surface area contributed by atoms with Crippen molar-refractivity contribution >= 4 is 29.2 Å². The summed E-state index contributed by atoms with van der Waals surface area (Å²) in [5.74, 6) is -0.429. The number of nitrogens with one attached hydrogen (secondary N) is 2. The molecule has 0 fully saturated rings. The molecule has 32 heavy (non-hydrogen) atoms. The van der Waals surface area contributed by atoms with E-state index in [1.807, 2.05) is 13.8 Å². The second-order valence-electron chi connectivity index (χ2n) is 7.67. The second-order valence-corrected chi connectivity index (χ2v) is 8.47. The minimum Gasteiger partial charge on any atom is -0.383 e. The number of aromatic nitrogens is 4. The lowest BCUT2D eigenvalue weighted by atomic mass is 10.1. The molecule has 4 N–H and O–H groups in total. The molecule has 0 aliphatic rings. The van der Waals surface area contributed by atoms with E-state index in [-0.39, 0.29) is 55.5 Å². The number of carbonyl (C=O) groups excluding carboxylic acids is 1. The maximum atomic E-state index is 13.1. The molecular weight excluding hydrogens is 436 g/mol. The van der Waals surface area contributed by atoms with Crippen LogP contribution in [0.3, 0.4) is 0 Å². The van der Waals surface area contributed by atoms with E-state index in [9.17, 15) is 19.2 Å². The number of nitrogens with zero attached hydrogens (tertiary/aromatic N) is 3. The molecule has 0 radical (unpaired) electrons. The van der Waals surface area contributed by atoms with Crippen molar-refractivity contribution in [1.29, 1.82) is 0 Å². The molecule has 0 saturated heterocycles. The van der Waals surface area contributed by atoms with Crippen LogP contribution in [-0.2, 0) is 22.5 Å². The summed E-state index contributed by atoms with van der Waals surface area (Å²) in [7, 11) is 1.47. The van der Waals surface area contributed by atoms with Gasteiger partial charge in [-0.3, -0.25) is 23.9 Å². The number of thioether (sulfide) groups is 1. The monoisotopic (exact) mass is 466 g/mol. The van der Waals surface area contributed by atoms with Gasteiger partial charge in [0.1, 0.15) is 5.82 Å². The summed E-state index contributed by atoms with van der Waals surface area (Å²) >= 11 is 1.32. The fourth-order valence-corrected chi connectivity index (χ4v) is 3.69. The van der Waals surface area contributed by atoms with Gasteiger partial charge >= 0.3 is 5.69 Å². The van der Waals surface area contributed by atoms with Gasteiger partial charge in [-0.15, -0.1) is 0 Å². The summed E-state index contributed by atoms with van der Waals surface area (Å²) in [5.41, 5.74) is 5.32. The first-order chi connectivity index (χ1) is 15.1. The molecule has 176 valence electrons. The molecule has 0 bridgehead atoms. The maximum Gasteiger partial charge on any atom is 0.330 e. The largest absolute Gasteiger partial charge is 0.383 e. The average Bonchev–Trinajstić information content (AvgIpc) is 2.72. The first-order valence-electron chi connectivity index (χ1n) is 10.2. The topological polar surface area (TPSA) is 156 Å². The quantitative estimate of drug-likeness (QED) is 0.338. The van der Waals surface area contributed by atoms with Crippen molar-refractivity contribution in [2.75, 3.05) is 37.2 Å². The summed E-state index contributed by atoms with van der Waals surface area (Å²) in [6.45, 7) is 6.01. The smallest absolute Gasteiger partial charge is 0.330 e. The fourth-order valence-electron chi connectivity index (χ4n) is 3.27. The van der Waals surface area contributed by atoms with Crippen LogP contribution in [0, 0.1) is 12.8 Å². The lowest BCUT2D eigenvalue weighted by Crippen LogP contribution is -2.43. The summed E-state index contributed by atoms with van der Waals surface area (Å²) < 4.78 is 6.33. The zero-order valence-electron chi connectivity index (χ0n) is 19.0. The number of nitrogen functional groups attached to an aromatic ring is 1. The third kappa shape index (κ3) is 5.88. The van der Waals surface area contributed by atoms with Crippen LogP contribution in [-0.4, -0.2) is 51.9 Å². The predicted octanol–water partition coefficient (Wildman–Crippen LogP) is 0.501. The molecule has 0 aromatic carbocycles. The average molecular weight is 467 g/mol.